The third-order valence-electron chi connectivity index (χ3n) is 3.75. The number of benzene rings is 2. The fraction of sp³-hybridized carbons (Fsp3) is 0.143. The Morgan fingerprint density at radius 2 is 1.52 bits per heavy atom. The van der Waals surface area contributed by atoms with E-state index in [-0.39, 0.29) is 6.61 Å². The molecule has 1 atom stereocenters. The largest absolute Gasteiger partial charge is 0.464 e. The first-order chi connectivity index (χ1) is 13.2. The lowest BCUT2D eigenvalue weighted by molar-refractivity contribution is -0.144. The molecular formula is C21H18BrN3O2. The third-order valence-corrected chi connectivity index (χ3v) is 4.16. The van der Waals surface area contributed by atoms with Gasteiger partial charge in [-0.2, -0.15) is 0 Å². The predicted molar refractivity (Wildman–Crippen MR) is 108 cm³/mol. The van der Waals surface area contributed by atoms with Crippen LogP contribution in [0.2, 0.25) is 0 Å². The van der Waals surface area contributed by atoms with Gasteiger partial charge in [-0.3, -0.25) is 4.99 Å². The van der Waals surface area contributed by atoms with Gasteiger partial charge in [-0.1, -0.05) is 60.7 Å². The van der Waals surface area contributed by atoms with Crippen LogP contribution in [0.3, 0.4) is 0 Å². The zero-order valence-electron chi connectivity index (χ0n) is 14.7. The molecule has 0 aliphatic carbocycles. The molecule has 3 aromatic rings. The second-order valence-corrected chi connectivity index (χ2v) is 6.54. The van der Waals surface area contributed by atoms with Crippen molar-refractivity contribution < 1.29 is 9.53 Å². The van der Waals surface area contributed by atoms with E-state index < -0.39 is 12.0 Å². The topological polar surface area (TPSA) is 64.4 Å². The average molecular weight is 424 g/mol. The Morgan fingerprint density at radius 1 is 1.00 bits per heavy atom. The maximum Gasteiger partial charge on any atom is 0.338 e. The normalized spacial score (nSPS) is 11.5. The lowest BCUT2D eigenvalue weighted by Crippen LogP contribution is -2.19. The number of aliphatic imine (C=N–C) groups is 1. The van der Waals surface area contributed by atoms with Gasteiger partial charge in [0.05, 0.1) is 16.8 Å². The van der Waals surface area contributed by atoms with Crippen LogP contribution in [0.15, 0.2) is 82.5 Å². The first-order valence-corrected chi connectivity index (χ1v) is 9.31. The summed E-state index contributed by atoms with van der Waals surface area (Å²) in [6.07, 6.45) is 3.18. The van der Waals surface area contributed by atoms with Crippen LogP contribution >= 0.6 is 15.9 Å². The molecule has 5 nitrogen and oxygen atoms in total. The van der Waals surface area contributed by atoms with Crippen LogP contribution in [0, 0.1) is 0 Å². The minimum Gasteiger partial charge on any atom is -0.464 e. The Labute approximate surface area is 166 Å². The minimum atomic E-state index is -0.950. The SMILES string of the molecule is CCOC(=O)C(N=C(c1ccccc1)c1ccccc1)c1ncc(Br)cn1. The number of nitrogens with zero attached hydrogens (tertiary/aromatic N) is 3. The van der Waals surface area contributed by atoms with Gasteiger partial charge in [0, 0.05) is 23.5 Å². The van der Waals surface area contributed by atoms with Gasteiger partial charge in [-0.15, -0.1) is 0 Å². The van der Waals surface area contributed by atoms with Crippen LogP contribution in [-0.2, 0) is 9.53 Å². The number of carbonyl (C=O) groups excluding carboxylic acids is 1. The van der Waals surface area contributed by atoms with E-state index in [1.165, 1.54) is 0 Å². The standard InChI is InChI=1S/C21H18BrN3O2/c1-2-27-21(26)19(20-23-13-17(22)14-24-20)25-18(15-9-5-3-6-10-15)16-11-7-4-8-12-16/h3-14,19H,2H2,1H3. The first-order valence-electron chi connectivity index (χ1n) is 8.51. The predicted octanol–water partition coefficient (Wildman–Crippen LogP) is 4.38. The molecule has 3 rings (SSSR count). The van der Waals surface area contributed by atoms with Crippen LogP contribution in [0.25, 0.3) is 0 Å². The van der Waals surface area contributed by atoms with Crippen molar-refractivity contribution in [2.75, 3.05) is 6.61 Å². The van der Waals surface area contributed by atoms with Crippen molar-refractivity contribution in [2.24, 2.45) is 4.99 Å². The highest BCUT2D eigenvalue weighted by Gasteiger charge is 2.25. The van der Waals surface area contributed by atoms with E-state index in [9.17, 15) is 4.79 Å². The van der Waals surface area contributed by atoms with E-state index in [4.69, 9.17) is 9.73 Å². The maximum atomic E-state index is 12.6. The zero-order valence-corrected chi connectivity index (χ0v) is 16.3. The fourth-order valence-corrected chi connectivity index (χ4v) is 2.74. The second-order valence-electron chi connectivity index (χ2n) is 5.62. The van der Waals surface area contributed by atoms with E-state index >= 15 is 0 Å². The van der Waals surface area contributed by atoms with Crippen LogP contribution in [-0.4, -0.2) is 28.3 Å². The number of aromatic nitrogens is 2. The molecule has 0 fully saturated rings. The van der Waals surface area contributed by atoms with Crippen molar-refractivity contribution in [2.45, 2.75) is 13.0 Å². The Bertz CT molecular complexity index is 872. The molecule has 0 aliphatic heterocycles. The zero-order chi connectivity index (χ0) is 19.1. The molecule has 1 unspecified atom stereocenters. The summed E-state index contributed by atoms with van der Waals surface area (Å²) in [6.45, 7) is 2.02. The van der Waals surface area contributed by atoms with Crippen LogP contribution in [0.5, 0.6) is 0 Å². The van der Waals surface area contributed by atoms with Crippen molar-refractivity contribution in [3.05, 3.63) is 94.5 Å². The highest BCUT2D eigenvalue weighted by Crippen LogP contribution is 2.21. The lowest BCUT2D eigenvalue weighted by atomic mass is 10.0. The lowest BCUT2D eigenvalue weighted by Gasteiger charge is -2.14. The van der Waals surface area contributed by atoms with Gasteiger partial charge in [0.25, 0.3) is 0 Å². The number of esters is 1. The quantitative estimate of drug-likeness (QED) is 0.435. The number of halogens is 1. The second kappa shape index (κ2) is 9.19. The van der Waals surface area contributed by atoms with Crippen LogP contribution < -0.4 is 0 Å². The summed E-state index contributed by atoms with van der Waals surface area (Å²) < 4.78 is 5.95. The molecule has 0 saturated heterocycles. The summed E-state index contributed by atoms with van der Waals surface area (Å²) in [4.78, 5) is 25.9. The molecule has 0 radical (unpaired) electrons. The summed E-state index contributed by atoms with van der Waals surface area (Å²) in [5, 5.41) is 0. The average Bonchev–Trinajstić information content (AvgIpc) is 2.71. The van der Waals surface area contributed by atoms with Crippen LogP contribution in [0.4, 0.5) is 0 Å². The van der Waals surface area contributed by atoms with Crippen molar-refractivity contribution in [3.8, 4) is 0 Å². The summed E-state index contributed by atoms with van der Waals surface area (Å²) in [5.41, 5.74) is 2.48. The van der Waals surface area contributed by atoms with Crippen molar-refractivity contribution in [1.82, 2.24) is 9.97 Å². The highest BCUT2D eigenvalue weighted by atomic mass is 79.9. The number of hydrogen-bond acceptors (Lipinski definition) is 5. The molecule has 27 heavy (non-hydrogen) atoms. The van der Waals surface area contributed by atoms with Crippen molar-refractivity contribution in [1.29, 1.82) is 0 Å². The molecule has 6 heteroatoms. The summed E-state index contributed by atoms with van der Waals surface area (Å²) >= 11 is 3.31. The van der Waals surface area contributed by atoms with Crippen LogP contribution in [0.1, 0.15) is 29.9 Å². The molecule has 0 N–H and O–H groups in total. The van der Waals surface area contributed by atoms with Gasteiger partial charge < -0.3 is 4.74 Å². The number of rotatable bonds is 6. The minimum absolute atomic E-state index is 0.257. The number of hydrogen-bond donors (Lipinski definition) is 0. The van der Waals surface area contributed by atoms with Gasteiger partial charge in [0.2, 0.25) is 6.04 Å². The summed E-state index contributed by atoms with van der Waals surface area (Å²) in [5.74, 6) is -0.190. The molecule has 2 aromatic carbocycles. The Balaban J connectivity index is 2.13. The molecule has 0 saturated carbocycles. The van der Waals surface area contributed by atoms with E-state index in [1.807, 2.05) is 60.7 Å². The summed E-state index contributed by atoms with van der Waals surface area (Å²) in [6, 6.07) is 18.5. The fourth-order valence-electron chi connectivity index (χ4n) is 2.54. The van der Waals surface area contributed by atoms with E-state index in [0.29, 0.717) is 11.5 Å². The monoisotopic (exact) mass is 423 g/mol. The Morgan fingerprint density at radius 3 is 2.00 bits per heavy atom. The van der Waals surface area contributed by atoms with Gasteiger partial charge in [0.1, 0.15) is 0 Å². The first kappa shape index (κ1) is 18.9. The van der Waals surface area contributed by atoms with Gasteiger partial charge in [0.15, 0.2) is 5.82 Å². The molecular weight excluding hydrogens is 406 g/mol. The van der Waals surface area contributed by atoms with Gasteiger partial charge >= 0.3 is 5.97 Å². The van der Waals surface area contributed by atoms with E-state index in [0.717, 1.165) is 15.6 Å². The maximum absolute atomic E-state index is 12.6. The molecule has 0 amide bonds. The number of carbonyl (C=O) groups is 1. The third kappa shape index (κ3) is 4.86. The molecule has 136 valence electrons. The Hall–Kier alpha value is -2.86. The molecule has 1 aromatic heterocycles. The highest BCUT2D eigenvalue weighted by molar-refractivity contribution is 9.10. The van der Waals surface area contributed by atoms with Crippen molar-refractivity contribution >= 4 is 27.6 Å². The van der Waals surface area contributed by atoms with E-state index in [2.05, 4.69) is 25.9 Å². The summed E-state index contributed by atoms with van der Waals surface area (Å²) in [7, 11) is 0. The molecule has 0 bridgehead atoms. The molecule has 0 spiro atoms. The van der Waals surface area contributed by atoms with E-state index in [1.54, 1.807) is 19.3 Å². The Kier molecular flexibility index (Phi) is 6.44. The number of ether oxygens (including phenoxy) is 1. The van der Waals surface area contributed by atoms with Gasteiger partial charge in [-0.05, 0) is 22.9 Å². The smallest absolute Gasteiger partial charge is 0.338 e. The molecule has 1 heterocycles. The van der Waals surface area contributed by atoms with Gasteiger partial charge in [-0.25, -0.2) is 14.8 Å². The van der Waals surface area contributed by atoms with Crippen molar-refractivity contribution in [3.63, 3.8) is 0 Å². The molecule has 0 aliphatic rings.